The van der Waals surface area contributed by atoms with Crippen LogP contribution in [0.4, 0.5) is 0 Å². The van der Waals surface area contributed by atoms with E-state index in [1.165, 1.54) is 0 Å². The molecule has 0 radical (unpaired) electrons. The molecule has 1 aliphatic heterocycles. The first-order valence-electron chi connectivity index (χ1n) is 52.6. The van der Waals surface area contributed by atoms with E-state index in [1.807, 2.05) is 12.2 Å². The van der Waals surface area contributed by atoms with E-state index >= 15 is 43.2 Å². The van der Waals surface area contributed by atoms with Crippen molar-refractivity contribution in [3.63, 3.8) is 0 Å². The molecule has 1 aliphatic rings. The smallest absolute Gasteiger partial charge is 0.243 e. The number of hydrogen-bond donors (Lipinski definition) is 28. The number of nitrogens with one attached hydrogen (secondary N) is 20. The molecule has 0 bridgehead atoms. The first kappa shape index (κ1) is 125. The van der Waals surface area contributed by atoms with Crippen LogP contribution in [0.5, 0.6) is 0 Å². The van der Waals surface area contributed by atoms with Crippen LogP contribution >= 0.6 is 0 Å². The second kappa shape index (κ2) is 70.9. The maximum atomic E-state index is 15.7. The van der Waals surface area contributed by atoms with Crippen molar-refractivity contribution in [3.05, 3.63) is 192 Å². The van der Waals surface area contributed by atoms with Gasteiger partial charge in [-0.25, -0.2) is 0 Å². The van der Waals surface area contributed by atoms with Gasteiger partial charge >= 0.3 is 0 Å². The number of hydrogen-bond acceptors (Lipinski definition) is 24. The van der Waals surface area contributed by atoms with Gasteiger partial charge in [-0.05, 0) is 220 Å². The lowest BCUT2D eigenvalue weighted by Crippen LogP contribution is -2.61. The molecular weight excluding hydrogens is 1920 g/mol. The molecule has 6 rings (SSSR count). The zero-order valence-corrected chi connectivity index (χ0v) is 87.3. The zero-order valence-electron chi connectivity index (χ0n) is 87.3. The van der Waals surface area contributed by atoms with E-state index in [2.05, 4.69) is 95.7 Å². The van der Waals surface area contributed by atoms with Crippen LogP contribution in [-0.4, -0.2) is 257 Å². The molecule has 824 valence electrons. The van der Waals surface area contributed by atoms with Gasteiger partial charge in [-0.1, -0.05) is 192 Å². The van der Waals surface area contributed by atoms with Crippen molar-refractivity contribution < 1.29 is 71.9 Å². The van der Waals surface area contributed by atoms with Gasteiger partial charge in [0.15, 0.2) is 11.9 Å². The third-order valence-electron chi connectivity index (χ3n) is 25.6. The van der Waals surface area contributed by atoms with Crippen molar-refractivity contribution in [1.82, 2.24) is 95.7 Å². The van der Waals surface area contributed by atoms with Crippen LogP contribution in [0, 0.1) is 22.7 Å². The summed E-state index contributed by atoms with van der Waals surface area (Å²) in [5.41, 5.74) is 50.1. The first-order valence-corrected chi connectivity index (χ1v) is 52.6. The van der Waals surface area contributed by atoms with E-state index in [-0.39, 0.29) is 147 Å². The molecule has 15 amide bonds. The van der Waals surface area contributed by atoms with Crippen molar-refractivity contribution in [3.8, 4) is 0 Å². The van der Waals surface area contributed by atoms with Crippen LogP contribution in [0.15, 0.2) is 164 Å². The number of primary amides is 1. The molecule has 0 saturated carbocycles. The number of guanidine groups is 2. The van der Waals surface area contributed by atoms with Crippen molar-refractivity contribution in [2.24, 2.45) is 57.7 Å². The van der Waals surface area contributed by atoms with E-state index in [0.29, 0.717) is 131 Å². The van der Waals surface area contributed by atoms with Gasteiger partial charge in [0.25, 0.3) is 0 Å². The highest BCUT2D eigenvalue weighted by Crippen LogP contribution is 2.19. The predicted molar refractivity (Wildman–Crippen MR) is 577 cm³/mol. The van der Waals surface area contributed by atoms with Gasteiger partial charge in [0.1, 0.15) is 84.6 Å². The Bertz CT molecular complexity index is 5020. The fraction of sp³-hybridized carbons (Fsp3) is 0.542. The van der Waals surface area contributed by atoms with Crippen LogP contribution < -0.4 is 142 Å². The molecular formula is C107H166N28O15. The van der Waals surface area contributed by atoms with Crippen LogP contribution in [0.1, 0.15) is 197 Å². The van der Waals surface area contributed by atoms with Gasteiger partial charge < -0.3 is 142 Å². The normalized spacial score (nSPS) is 18.0. The average molecular weight is 2080 g/mol. The van der Waals surface area contributed by atoms with Crippen molar-refractivity contribution in [2.45, 2.75) is 292 Å². The Hall–Kier alpha value is -13.9. The molecule has 0 saturated heterocycles. The number of nitrogens with two attached hydrogens (primary N) is 8. The van der Waals surface area contributed by atoms with Crippen molar-refractivity contribution in [1.29, 1.82) is 10.8 Å². The first-order chi connectivity index (χ1) is 72.1. The summed E-state index contributed by atoms with van der Waals surface area (Å²) < 4.78 is 0. The highest BCUT2D eigenvalue weighted by molar-refractivity contribution is 6.01. The van der Waals surface area contributed by atoms with E-state index < -0.39 is 191 Å². The van der Waals surface area contributed by atoms with E-state index in [0.717, 1.165) is 0 Å². The molecule has 150 heavy (non-hydrogen) atoms. The molecule has 15 atom stereocenters. The monoisotopic (exact) mass is 2080 g/mol. The largest absolute Gasteiger partial charge is 0.370 e. The summed E-state index contributed by atoms with van der Waals surface area (Å²) in [5, 5.41) is 67.8. The third kappa shape index (κ3) is 48.6. The Morgan fingerprint density at radius 1 is 0.347 bits per heavy atom. The number of benzene rings is 5. The van der Waals surface area contributed by atoms with Gasteiger partial charge in [-0.3, -0.25) is 82.7 Å². The molecule has 0 spiro atoms. The van der Waals surface area contributed by atoms with Gasteiger partial charge in [-0.15, -0.1) is 0 Å². The molecule has 0 aromatic heterocycles. The lowest BCUT2D eigenvalue weighted by molar-refractivity contribution is -0.136. The summed E-state index contributed by atoms with van der Waals surface area (Å²) in [6, 6.07) is 23.2. The SMILES string of the molecule is CC(C)[C@H](N)C(=O)N[C@@H](CCCCN)C(=O)N[C@@H](CCCNC(=N)N)C(=O)N[C@@H](Cc1ccccc1)C(=O)N[C@@H](CCCCN)C(=O)N[C@H]1CCCCNC/C=C/CNCCCC[C@@H](C(=O)N[C@@H](Cc2ccccc2)C(=O)N[C@@H](CCCCN)C(=O)N[C@@H](CCCCN)C(=O)N[C@@H](Cc2ccccc2)C(=O)N[C@H](C(N)=O)C(C)C)NC(=O)[C@H](CCCNC(=N)N)NC(=O)[C@H](Cc2ccccc2)NC(=O)[C@H](Cc2ccccc2)NC1=O. The molecule has 0 aliphatic carbocycles. The van der Waals surface area contributed by atoms with E-state index in [9.17, 15) is 28.8 Å². The summed E-state index contributed by atoms with van der Waals surface area (Å²) >= 11 is 0. The van der Waals surface area contributed by atoms with Gasteiger partial charge in [0, 0.05) is 58.3 Å². The summed E-state index contributed by atoms with van der Waals surface area (Å²) in [4.78, 5) is 224. The Kier molecular flexibility index (Phi) is 59.0. The number of amides is 15. The van der Waals surface area contributed by atoms with Gasteiger partial charge in [0.2, 0.25) is 88.6 Å². The minimum absolute atomic E-state index is 0.00713. The van der Waals surface area contributed by atoms with E-state index in [4.69, 9.17) is 56.7 Å². The summed E-state index contributed by atoms with van der Waals surface area (Å²) in [6.07, 6.45) is 7.82. The molecule has 1 heterocycles. The second-order valence-electron chi connectivity index (χ2n) is 38.6. The third-order valence-corrected chi connectivity index (χ3v) is 25.6. The quantitative estimate of drug-likeness (QED) is 0.00985. The minimum atomic E-state index is -1.54. The highest BCUT2D eigenvalue weighted by Gasteiger charge is 2.40. The van der Waals surface area contributed by atoms with Gasteiger partial charge in [0.05, 0.1) is 6.04 Å². The molecule has 36 N–H and O–H groups in total. The molecule has 0 fully saturated rings. The Morgan fingerprint density at radius 3 is 1.04 bits per heavy atom. The van der Waals surface area contributed by atoms with Crippen LogP contribution in [0.25, 0.3) is 0 Å². The van der Waals surface area contributed by atoms with Crippen LogP contribution in [0.3, 0.4) is 0 Å². The fourth-order valence-electron chi connectivity index (χ4n) is 16.9. The Labute approximate surface area is 880 Å². The maximum absolute atomic E-state index is 15.7. The van der Waals surface area contributed by atoms with Crippen molar-refractivity contribution in [2.75, 3.05) is 65.4 Å². The number of rotatable bonds is 57. The van der Waals surface area contributed by atoms with Crippen LogP contribution in [-0.2, 0) is 104 Å². The number of carbonyl (C=O) groups excluding carboxylic acids is 15. The Balaban J connectivity index is 1.38. The molecule has 43 nitrogen and oxygen atoms in total. The summed E-state index contributed by atoms with van der Waals surface area (Å²) in [7, 11) is 0. The minimum Gasteiger partial charge on any atom is -0.370 e. The summed E-state index contributed by atoms with van der Waals surface area (Å²) in [6.45, 7) is 9.67. The average Bonchev–Trinajstić information content (AvgIpc) is 0.869. The number of carbonyl (C=O) groups is 15. The molecule has 5 aromatic rings. The molecule has 43 heteroatoms. The zero-order chi connectivity index (χ0) is 109. The van der Waals surface area contributed by atoms with Crippen molar-refractivity contribution >= 4 is 101 Å². The second-order valence-corrected chi connectivity index (χ2v) is 38.6. The predicted octanol–water partition coefficient (Wildman–Crippen LogP) is -0.756. The highest BCUT2D eigenvalue weighted by atomic mass is 16.2. The molecule has 0 unspecified atom stereocenters. The molecule has 5 aromatic carbocycles. The van der Waals surface area contributed by atoms with Crippen LogP contribution in [0.2, 0.25) is 0 Å². The maximum Gasteiger partial charge on any atom is 0.243 e. The standard InChI is InChI=1S/C107H166N28O15/c1-69(2)89(112)105(150)129-81(49-23-29-57-111)94(139)125-83(53-35-63-121-107(116)117)99(144)131-85(65-72-38-12-6-13-39-72)101(146)127-77(47-21-27-55-109)93(138)123-79-50-24-30-58-118-60-32-33-61-119-59-31-25-51-80(124-95(140)82(52-34-62-120-106(114)115)128-102(147)86(66-73-40-14-7-15-41-73)134-103(148)87(132-98(79)143)67-74-42-16-8-17-43-74)97(142)130-84(64-71-36-10-5-11-37-71)100(145)126-76(46-20-26-54-108)92(137)122-78(48-22-28-56-110)96(141)133-88(68-75-44-18-9-19-45-75)104(149)135-90(70(3)4)91(113)136/h5-19,32-33,36-45,69-70,76-90,118-119H,20-31,34-35,46-68,108-112H2,1-4H3,(H2,113,136)(H,122,137)(H,123,138)(H,124,140)(H,125,139)(H,126,145)(H,127,146)(H,128,147)(H,129,150)(H,130,142)(H,131,144)(H,132,143)(H,133,141)(H,134,148)(H,135,149)(H4,114,115,120)(H4,116,117,121)/b33-32+/t76-,77-,78-,79-,80-,81-,82-,83-,84-,85-,86-,87-,88-,89-,90-/m0/s1. The Morgan fingerprint density at radius 2 is 0.667 bits per heavy atom. The fourth-order valence-corrected chi connectivity index (χ4v) is 16.9. The lowest BCUT2D eigenvalue weighted by Gasteiger charge is -2.29. The topological polar surface area (TPSA) is 728 Å². The number of unbranched alkanes of at least 4 members (excludes halogenated alkanes) is 4. The summed E-state index contributed by atoms with van der Waals surface area (Å²) in [5.74, 6) is -13.5. The lowest BCUT2D eigenvalue weighted by atomic mass is 10.00. The van der Waals surface area contributed by atoms with E-state index in [1.54, 1.807) is 179 Å². The van der Waals surface area contributed by atoms with Gasteiger partial charge in [-0.2, -0.15) is 0 Å².